The second kappa shape index (κ2) is 10.5. The van der Waals surface area contributed by atoms with Crippen molar-refractivity contribution >= 4 is 55.2 Å². The first-order valence-electron chi connectivity index (χ1n) is 6.19. The SMILES string of the molecule is CCCCCCCCCCC(Br)[Si](Cl)(Cl)Cl. The Kier molecular flexibility index (Phi) is 11.5. The monoisotopic (exact) mass is 366 g/mol. The van der Waals surface area contributed by atoms with Gasteiger partial charge in [0.15, 0.2) is 0 Å². The summed E-state index contributed by atoms with van der Waals surface area (Å²) in [5.74, 6) is 0. The fourth-order valence-electron chi connectivity index (χ4n) is 1.62. The van der Waals surface area contributed by atoms with Crippen LogP contribution in [-0.4, -0.2) is 10.5 Å². The van der Waals surface area contributed by atoms with Gasteiger partial charge in [0, 0.05) is 0 Å². The van der Waals surface area contributed by atoms with E-state index in [2.05, 4.69) is 22.9 Å². The van der Waals surface area contributed by atoms with E-state index in [1.54, 1.807) is 0 Å². The summed E-state index contributed by atoms with van der Waals surface area (Å²) in [7, 11) is 0. The zero-order valence-electron chi connectivity index (χ0n) is 9.95. The van der Waals surface area contributed by atoms with Crippen LogP contribution in [0.3, 0.4) is 0 Å². The Labute approximate surface area is 124 Å². The molecule has 0 aliphatic heterocycles. The number of hydrogen-bond donors (Lipinski definition) is 0. The van der Waals surface area contributed by atoms with E-state index in [1.807, 2.05) is 0 Å². The Hall–Kier alpha value is 1.57. The fourth-order valence-corrected chi connectivity index (χ4v) is 3.46. The van der Waals surface area contributed by atoms with Crippen molar-refractivity contribution < 1.29 is 0 Å². The highest BCUT2D eigenvalue weighted by atomic mass is 79.9. The number of unbranched alkanes of at least 4 members (excludes halogenated alkanes) is 7. The van der Waals surface area contributed by atoms with Crippen LogP contribution < -0.4 is 0 Å². The van der Waals surface area contributed by atoms with Gasteiger partial charge in [-0.3, -0.25) is 0 Å². The van der Waals surface area contributed by atoms with E-state index in [0.717, 1.165) is 6.42 Å². The normalized spacial score (nSPS) is 14.1. The van der Waals surface area contributed by atoms with Gasteiger partial charge < -0.3 is 0 Å². The molecule has 0 N–H and O–H groups in total. The highest BCUT2D eigenvalue weighted by Crippen LogP contribution is 2.32. The summed E-state index contributed by atoms with van der Waals surface area (Å²) in [6.45, 7) is 2.25. The maximum Gasteiger partial charge on any atom is 0.354 e. The largest absolute Gasteiger partial charge is 0.354 e. The van der Waals surface area contributed by atoms with Crippen molar-refractivity contribution in [2.45, 2.75) is 69.2 Å². The van der Waals surface area contributed by atoms with Crippen molar-refractivity contribution in [3.8, 4) is 0 Å². The van der Waals surface area contributed by atoms with E-state index >= 15 is 0 Å². The Bertz CT molecular complexity index is 162. The molecule has 0 saturated carbocycles. The number of halogens is 4. The molecule has 0 nitrogen and oxygen atoms in total. The maximum absolute atomic E-state index is 5.90. The summed E-state index contributed by atoms with van der Waals surface area (Å²) in [5.41, 5.74) is 0. The minimum atomic E-state index is -2.51. The average Bonchev–Trinajstić information content (AvgIpc) is 2.20. The van der Waals surface area contributed by atoms with Gasteiger partial charge >= 0.3 is 6.00 Å². The predicted molar refractivity (Wildman–Crippen MR) is 83.3 cm³/mol. The van der Waals surface area contributed by atoms with Crippen molar-refractivity contribution in [1.82, 2.24) is 0 Å². The molecule has 5 heteroatoms. The van der Waals surface area contributed by atoms with Crippen LogP contribution in [-0.2, 0) is 0 Å². The highest BCUT2D eigenvalue weighted by Gasteiger charge is 2.34. The van der Waals surface area contributed by atoms with E-state index < -0.39 is 6.00 Å². The first kappa shape index (κ1) is 17.6. The zero-order chi connectivity index (χ0) is 12.4. The summed E-state index contributed by atoms with van der Waals surface area (Å²) >= 11 is 21.2. The third-order valence-electron chi connectivity index (χ3n) is 2.67. The van der Waals surface area contributed by atoms with Crippen molar-refractivity contribution in [3.63, 3.8) is 0 Å². The molecular weight excluding hydrogens is 346 g/mol. The van der Waals surface area contributed by atoms with Gasteiger partial charge in [0.25, 0.3) is 0 Å². The van der Waals surface area contributed by atoms with Crippen molar-refractivity contribution in [2.24, 2.45) is 0 Å². The lowest BCUT2D eigenvalue weighted by atomic mass is 10.1. The molecule has 0 amide bonds. The molecule has 0 aliphatic carbocycles. The zero-order valence-corrected chi connectivity index (χ0v) is 14.8. The van der Waals surface area contributed by atoms with E-state index in [9.17, 15) is 0 Å². The second-order valence-electron chi connectivity index (χ2n) is 4.27. The van der Waals surface area contributed by atoms with Gasteiger partial charge in [-0.05, 0) is 6.42 Å². The third-order valence-corrected chi connectivity index (χ3v) is 10.9. The van der Waals surface area contributed by atoms with Crippen LogP contribution in [0.25, 0.3) is 0 Å². The smallest absolute Gasteiger partial charge is 0.125 e. The summed E-state index contributed by atoms with van der Waals surface area (Å²) < 4.78 is 0.116. The van der Waals surface area contributed by atoms with E-state index in [4.69, 9.17) is 33.2 Å². The minimum absolute atomic E-state index is 0.116. The quantitative estimate of drug-likeness (QED) is 0.179. The third kappa shape index (κ3) is 10.7. The molecule has 0 aromatic heterocycles. The van der Waals surface area contributed by atoms with Crippen molar-refractivity contribution in [3.05, 3.63) is 0 Å². The maximum atomic E-state index is 5.90. The molecule has 0 heterocycles. The number of alkyl halides is 1. The topological polar surface area (TPSA) is 0 Å². The van der Waals surface area contributed by atoms with Crippen LogP contribution in [0.5, 0.6) is 0 Å². The molecule has 0 rings (SSSR count). The number of rotatable bonds is 10. The van der Waals surface area contributed by atoms with Crippen LogP contribution in [0.2, 0.25) is 0 Å². The highest BCUT2D eigenvalue weighted by molar-refractivity contribution is 9.10. The van der Waals surface area contributed by atoms with Gasteiger partial charge in [0.2, 0.25) is 0 Å². The molecular formula is C11H22BrCl3Si. The van der Waals surface area contributed by atoms with Gasteiger partial charge in [-0.2, -0.15) is 0 Å². The summed E-state index contributed by atoms with van der Waals surface area (Å²) in [6.07, 6.45) is 11.6. The van der Waals surface area contributed by atoms with Crippen LogP contribution in [0, 0.1) is 0 Å². The van der Waals surface area contributed by atoms with Crippen molar-refractivity contribution in [1.29, 1.82) is 0 Å². The molecule has 98 valence electrons. The Balaban J connectivity index is 3.21. The first-order chi connectivity index (χ1) is 7.48. The summed E-state index contributed by atoms with van der Waals surface area (Å²) in [6, 6.07) is -2.51. The second-order valence-corrected chi connectivity index (χ2v) is 15.1. The molecule has 0 aromatic carbocycles. The molecule has 0 spiro atoms. The summed E-state index contributed by atoms with van der Waals surface area (Å²) in [5, 5.41) is 0. The molecule has 0 aromatic rings. The molecule has 0 radical (unpaired) electrons. The average molecular weight is 369 g/mol. The molecule has 0 fully saturated rings. The molecule has 0 saturated heterocycles. The van der Waals surface area contributed by atoms with Crippen LogP contribution in [0.1, 0.15) is 64.7 Å². The first-order valence-corrected chi connectivity index (χ1v) is 12.2. The van der Waals surface area contributed by atoms with Crippen molar-refractivity contribution in [2.75, 3.05) is 0 Å². The van der Waals surface area contributed by atoms with Crippen LogP contribution in [0.4, 0.5) is 0 Å². The van der Waals surface area contributed by atoms with Crippen LogP contribution in [0.15, 0.2) is 0 Å². The Morgan fingerprint density at radius 2 is 1.31 bits per heavy atom. The van der Waals surface area contributed by atoms with Crippen LogP contribution >= 0.6 is 49.2 Å². The molecule has 0 bridgehead atoms. The summed E-state index contributed by atoms with van der Waals surface area (Å²) in [4.78, 5) is 0. The predicted octanol–water partition coefficient (Wildman–Crippen LogP) is 6.48. The standard InChI is InChI=1S/C11H22BrCl3Si/c1-2-3-4-5-6-7-8-9-10-11(12)16(13,14)15/h11H,2-10H2,1H3. The van der Waals surface area contributed by atoms with E-state index in [1.165, 1.54) is 51.4 Å². The lowest BCUT2D eigenvalue weighted by Gasteiger charge is -2.15. The minimum Gasteiger partial charge on any atom is -0.125 e. The van der Waals surface area contributed by atoms with Gasteiger partial charge in [-0.1, -0.05) is 74.2 Å². The molecule has 1 atom stereocenters. The van der Waals surface area contributed by atoms with E-state index in [0.29, 0.717) is 0 Å². The molecule has 0 aliphatic rings. The fraction of sp³-hybridized carbons (Fsp3) is 1.00. The van der Waals surface area contributed by atoms with Gasteiger partial charge in [-0.15, -0.1) is 33.2 Å². The van der Waals surface area contributed by atoms with E-state index in [-0.39, 0.29) is 4.45 Å². The van der Waals surface area contributed by atoms with Gasteiger partial charge in [-0.25, -0.2) is 0 Å². The lowest BCUT2D eigenvalue weighted by Crippen LogP contribution is -2.25. The Morgan fingerprint density at radius 1 is 0.875 bits per heavy atom. The van der Waals surface area contributed by atoms with Gasteiger partial charge in [0.1, 0.15) is 0 Å². The number of hydrogen-bond acceptors (Lipinski definition) is 0. The molecule has 1 unspecified atom stereocenters. The van der Waals surface area contributed by atoms with Gasteiger partial charge in [0.05, 0.1) is 4.45 Å². The Morgan fingerprint density at radius 3 is 1.75 bits per heavy atom. The lowest BCUT2D eigenvalue weighted by molar-refractivity contribution is 0.571. The molecule has 16 heavy (non-hydrogen) atoms.